The van der Waals surface area contributed by atoms with Gasteiger partial charge in [0.1, 0.15) is 0 Å². The largest absolute Gasteiger partial charge is 0.385 e. The predicted octanol–water partition coefficient (Wildman–Crippen LogP) is 2.63. The number of fused-ring (bicyclic) bond motifs is 1. The van der Waals surface area contributed by atoms with Gasteiger partial charge in [0.05, 0.1) is 4.90 Å². The molecule has 4 nitrogen and oxygen atoms in total. The number of anilines is 1. The van der Waals surface area contributed by atoms with E-state index in [0.717, 1.165) is 36.2 Å². The maximum atomic E-state index is 12.6. The van der Waals surface area contributed by atoms with E-state index in [1.54, 1.807) is 12.1 Å². The Kier molecular flexibility index (Phi) is 4.50. The molecule has 0 aromatic heterocycles. The number of nitrogens with one attached hydrogen (secondary N) is 1. The molecule has 2 rings (SSSR count). The molecule has 0 spiro atoms. The highest BCUT2D eigenvalue weighted by Gasteiger charge is 2.24. The van der Waals surface area contributed by atoms with Gasteiger partial charge >= 0.3 is 0 Å². The molecule has 0 bridgehead atoms. The topological polar surface area (TPSA) is 49.4 Å². The monoisotopic (exact) mass is 294 g/mol. The molecule has 1 aliphatic heterocycles. The van der Waals surface area contributed by atoms with Crippen LogP contribution in [-0.4, -0.2) is 32.4 Å². The minimum atomic E-state index is -3.43. The Balaban J connectivity index is 2.35. The van der Waals surface area contributed by atoms with Crippen molar-refractivity contribution in [2.45, 2.75) is 31.6 Å². The van der Waals surface area contributed by atoms with Crippen molar-refractivity contribution in [3.05, 3.63) is 35.9 Å². The number of hydrogen-bond acceptors (Lipinski definition) is 3. The van der Waals surface area contributed by atoms with Crippen molar-refractivity contribution in [3.8, 4) is 0 Å². The molecule has 0 aliphatic carbocycles. The van der Waals surface area contributed by atoms with E-state index in [9.17, 15) is 8.42 Å². The normalized spacial score (nSPS) is 14.8. The average Bonchev–Trinajstić information content (AvgIpc) is 2.43. The van der Waals surface area contributed by atoms with Crippen LogP contribution in [0, 0.1) is 0 Å². The Labute approximate surface area is 121 Å². The van der Waals surface area contributed by atoms with Crippen molar-refractivity contribution >= 4 is 15.7 Å². The van der Waals surface area contributed by atoms with Crippen LogP contribution < -0.4 is 5.32 Å². The first-order valence-corrected chi connectivity index (χ1v) is 8.40. The Hall–Kier alpha value is -1.33. The van der Waals surface area contributed by atoms with Crippen molar-refractivity contribution in [3.63, 3.8) is 0 Å². The first-order chi connectivity index (χ1) is 9.45. The van der Waals surface area contributed by atoms with Gasteiger partial charge < -0.3 is 5.32 Å². The van der Waals surface area contributed by atoms with Crippen molar-refractivity contribution in [2.24, 2.45) is 0 Å². The molecule has 1 aliphatic rings. The summed E-state index contributed by atoms with van der Waals surface area (Å²) in [7, 11) is -3.43. The van der Waals surface area contributed by atoms with Gasteiger partial charge in [-0.05, 0) is 43.5 Å². The van der Waals surface area contributed by atoms with Gasteiger partial charge in [-0.25, -0.2) is 8.42 Å². The van der Waals surface area contributed by atoms with Crippen LogP contribution in [0.1, 0.15) is 25.8 Å². The third-order valence-electron chi connectivity index (χ3n) is 3.45. The van der Waals surface area contributed by atoms with E-state index in [4.69, 9.17) is 0 Å². The summed E-state index contributed by atoms with van der Waals surface area (Å²) >= 11 is 0. The summed E-state index contributed by atoms with van der Waals surface area (Å²) in [5.74, 6) is 0. The van der Waals surface area contributed by atoms with Crippen LogP contribution in [-0.2, 0) is 16.4 Å². The molecular weight excluding hydrogens is 272 g/mol. The SMILES string of the molecule is C=C(C)CN(CC)S(=O)(=O)c1ccc2c(c1)CCCN2. The Morgan fingerprint density at radius 3 is 2.85 bits per heavy atom. The lowest BCUT2D eigenvalue weighted by atomic mass is 10.0. The lowest BCUT2D eigenvalue weighted by Crippen LogP contribution is -2.32. The molecule has 20 heavy (non-hydrogen) atoms. The second-order valence-corrected chi connectivity index (χ2v) is 7.18. The van der Waals surface area contributed by atoms with Gasteiger partial charge in [0.2, 0.25) is 10.0 Å². The zero-order valence-corrected chi connectivity index (χ0v) is 13.0. The molecule has 0 fully saturated rings. The van der Waals surface area contributed by atoms with E-state index in [0.29, 0.717) is 18.0 Å². The highest BCUT2D eigenvalue weighted by atomic mass is 32.2. The molecule has 0 radical (unpaired) electrons. The average molecular weight is 294 g/mol. The molecule has 1 N–H and O–H groups in total. The van der Waals surface area contributed by atoms with Gasteiger partial charge in [-0.15, -0.1) is 0 Å². The van der Waals surface area contributed by atoms with Gasteiger partial charge in [0, 0.05) is 25.3 Å². The zero-order chi connectivity index (χ0) is 14.8. The Morgan fingerprint density at radius 1 is 1.45 bits per heavy atom. The number of sulfonamides is 1. The predicted molar refractivity (Wildman–Crippen MR) is 82.5 cm³/mol. The van der Waals surface area contributed by atoms with Crippen LogP contribution in [0.5, 0.6) is 0 Å². The molecule has 1 heterocycles. The van der Waals surface area contributed by atoms with Crippen molar-refractivity contribution in [2.75, 3.05) is 25.0 Å². The van der Waals surface area contributed by atoms with E-state index in [1.807, 2.05) is 19.9 Å². The minimum absolute atomic E-state index is 0.369. The fourth-order valence-corrected chi connectivity index (χ4v) is 3.99. The molecule has 1 aromatic carbocycles. The quantitative estimate of drug-likeness (QED) is 0.849. The molecule has 0 unspecified atom stereocenters. The van der Waals surface area contributed by atoms with E-state index >= 15 is 0 Å². The van der Waals surface area contributed by atoms with Crippen LogP contribution in [0.25, 0.3) is 0 Å². The lowest BCUT2D eigenvalue weighted by molar-refractivity contribution is 0.453. The number of hydrogen-bond donors (Lipinski definition) is 1. The summed E-state index contributed by atoms with van der Waals surface area (Å²) in [6.45, 7) is 9.27. The molecule has 0 amide bonds. The molecule has 1 aromatic rings. The molecule has 0 saturated carbocycles. The maximum absolute atomic E-state index is 12.6. The van der Waals surface area contributed by atoms with Gasteiger partial charge in [-0.2, -0.15) is 4.31 Å². The van der Waals surface area contributed by atoms with Gasteiger partial charge in [-0.3, -0.25) is 0 Å². The Morgan fingerprint density at radius 2 is 2.20 bits per heavy atom. The van der Waals surface area contributed by atoms with E-state index in [2.05, 4.69) is 11.9 Å². The van der Waals surface area contributed by atoms with Crippen LogP contribution >= 0.6 is 0 Å². The molecule has 0 saturated heterocycles. The molecule has 110 valence electrons. The van der Waals surface area contributed by atoms with Crippen LogP contribution in [0.15, 0.2) is 35.2 Å². The third kappa shape index (κ3) is 3.04. The highest BCUT2D eigenvalue weighted by Crippen LogP contribution is 2.26. The highest BCUT2D eigenvalue weighted by molar-refractivity contribution is 7.89. The Bertz CT molecular complexity index is 608. The first kappa shape index (κ1) is 15.1. The third-order valence-corrected chi connectivity index (χ3v) is 5.37. The van der Waals surface area contributed by atoms with E-state index in [-0.39, 0.29) is 0 Å². The minimum Gasteiger partial charge on any atom is -0.385 e. The van der Waals surface area contributed by atoms with Gasteiger partial charge in [-0.1, -0.05) is 19.1 Å². The number of aryl methyl sites for hydroxylation is 1. The smallest absolute Gasteiger partial charge is 0.243 e. The first-order valence-electron chi connectivity index (χ1n) is 6.96. The summed E-state index contributed by atoms with van der Waals surface area (Å²) in [5, 5.41) is 3.29. The summed E-state index contributed by atoms with van der Waals surface area (Å²) in [6.07, 6.45) is 1.97. The number of nitrogens with zero attached hydrogens (tertiary/aromatic N) is 1. The second-order valence-electron chi connectivity index (χ2n) is 5.24. The summed E-state index contributed by atoms with van der Waals surface area (Å²) < 4.78 is 26.8. The number of likely N-dealkylation sites (N-methyl/N-ethyl adjacent to an activating group) is 1. The second kappa shape index (κ2) is 5.97. The summed E-state index contributed by atoms with van der Waals surface area (Å²) in [5.41, 5.74) is 2.98. The number of rotatable bonds is 5. The molecule has 5 heteroatoms. The molecule has 0 atom stereocenters. The van der Waals surface area contributed by atoms with Crippen LogP contribution in [0.4, 0.5) is 5.69 Å². The summed E-state index contributed by atoms with van der Waals surface area (Å²) in [6, 6.07) is 5.36. The maximum Gasteiger partial charge on any atom is 0.243 e. The van der Waals surface area contributed by atoms with E-state index in [1.165, 1.54) is 4.31 Å². The van der Waals surface area contributed by atoms with Crippen molar-refractivity contribution in [1.82, 2.24) is 4.31 Å². The molecular formula is C15H22N2O2S. The van der Waals surface area contributed by atoms with Gasteiger partial charge in [0.15, 0.2) is 0 Å². The van der Waals surface area contributed by atoms with Crippen LogP contribution in [0.2, 0.25) is 0 Å². The van der Waals surface area contributed by atoms with Crippen LogP contribution in [0.3, 0.4) is 0 Å². The fraction of sp³-hybridized carbons (Fsp3) is 0.467. The van der Waals surface area contributed by atoms with Gasteiger partial charge in [0.25, 0.3) is 0 Å². The van der Waals surface area contributed by atoms with Crippen molar-refractivity contribution in [1.29, 1.82) is 0 Å². The fourth-order valence-electron chi connectivity index (χ4n) is 2.43. The van der Waals surface area contributed by atoms with E-state index < -0.39 is 10.0 Å². The summed E-state index contributed by atoms with van der Waals surface area (Å²) in [4.78, 5) is 0.378. The zero-order valence-electron chi connectivity index (χ0n) is 12.1. The lowest BCUT2D eigenvalue weighted by Gasteiger charge is -2.23. The number of benzene rings is 1. The standard InChI is InChI=1S/C15H22N2O2S/c1-4-17(11-12(2)3)20(18,19)14-7-8-15-13(10-14)6-5-9-16-15/h7-8,10,16H,2,4-6,9,11H2,1,3H3. The van der Waals surface area contributed by atoms with Crippen molar-refractivity contribution < 1.29 is 8.42 Å².